The zero-order chi connectivity index (χ0) is 18.0. The minimum atomic E-state index is -3.39. The SMILES string of the molecule is Cc1cc(C)cc(CS(=O)(=O)Cc2nc(-c3cccc(C)c3)no2)c1. The first-order valence-corrected chi connectivity index (χ1v) is 9.80. The molecule has 0 saturated heterocycles. The fourth-order valence-corrected chi connectivity index (χ4v) is 4.13. The van der Waals surface area contributed by atoms with Crippen LogP contribution in [0.4, 0.5) is 0 Å². The Labute approximate surface area is 147 Å². The molecular weight excluding hydrogens is 336 g/mol. The molecule has 1 heterocycles. The molecule has 0 aliphatic heterocycles. The highest BCUT2D eigenvalue weighted by Crippen LogP contribution is 2.19. The molecule has 0 atom stereocenters. The zero-order valence-electron chi connectivity index (χ0n) is 14.5. The third-order valence-electron chi connectivity index (χ3n) is 3.76. The molecule has 0 aliphatic rings. The predicted octanol–water partition coefficient (Wildman–Crippen LogP) is 3.78. The molecule has 6 heteroatoms. The third kappa shape index (κ3) is 4.54. The second-order valence-corrected chi connectivity index (χ2v) is 8.47. The molecular formula is C19H20N2O3S. The maximum Gasteiger partial charge on any atom is 0.242 e. The van der Waals surface area contributed by atoms with Gasteiger partial charge in [-0.15, -0.1) is 0 Å². The van der Waals surface area contributed by atoms with Crippen LogP contribution in [-0.2, 0) is 21.3 Å². The Morgan fingerprint density at radius 3 is 2.32 bits per heavy atom. The molecule has 0 unspecified atom stereocenters. The topological polar surface area (TPSA) is 73.1 Å². The van der Waals surface area contributed by atoms with Gasteiger partial charge in [0.15, 0.2) is 9.84 Å². The van der Waals surface area contributed by atoms with Crippen LogP contribution in [0.3, 0.4) is 0 Å². The minimum Gasteiger partial charge on any atom is -0.338 e. The van der Waals surface area contributed by atoms with E-state index in [-0.39, 0.29) is 17.4 Å². The number of nitrogens with zero attached hydrogens (tertiary/aromatic N) is 2. The highest BCUT2D eigenvalue weighted by molar-refractivity contribution is 7.89. The lowest BCUT2D eigenvalue weighted by Crippen LogP contribution is -2.08. The molecule has 0 saturated carbocycles. The summed E-state index contributed by atoms with van der Waals surface area (Å²) in [5.41, 5.74) is 4.75. The number of benzene rings is 2. The second-order valence-electron chi connectivity index (χ2n) is 6.41. The molecule has 3 aromatic rings. The molecule has 130 valence electrons. The number of hydrogen-bond acceptors (Lipinski definition) is 5. The maximum atomic E-state index is 12.5. The van der Waals surface area contributed by atoms with Gasteiger partial charge in [-0.1, -0.05) is 58.2 Å². The van der Waals surface area contributed by atoms with Crippen LogP contribution in [-0.4, -0.2) is 18.6 Å². The molecule has 25 heavy (non-hydrogen) atoms. The number of rotatable bonds is 5. The van der Waals surface area contributed by atoms with E-state index in [1.165, 1.54) is 0 Å². The lowest BCUT2D eigenvalue weighted by molar-refractivity contribution is 0.389. The molecule has 0 aliphatic carbocycles. The van der Waals surface area contributed by atoms with Crippen molar-refractivity contribution in [3.05, 3.63) is 70.6 Å². The van der Waals surface area contributed by atoms with Crippen LogP contribution < -0.4 is 0 Å². The number of aryl methyl sites for hydroxylation is 3. The number of aromatic nitrogens is 2. The summed E-state index contributed by atoms with van der Waals surface area (Å²) in [5, 5.41) is 3.90. The molecule has 0 spiro atoms. The van der Waals surface area contributed by atoms with E-state index in [0.717, 1.165) is 27.8 Å². The van der Waals surface area contributed by atoms with E-state index in [1.54, 1.807) is 0 Å². The average molecular weight is 356 g/mol. The highest BCUT2D eigenvalue weighted by Gasteiger charge is 2.19. The summed E-state index contributed by atoms with van der Waals surface area (Å²) < 4.78 is 30.1. The van der Waals surface area contributed by atoms with E-state index < -0.39 is 9.84 Å². The van der Waals surface area contributed by atoms with Gasteiger partial charge >= 0.3 is 0 Å². The Hall–Kier alpha value is -2.47. The second kappa shape index (κ2) is 6.80. The van der Waals surface area contributed by atoms with Gasteiger partial charge in [-0.2, -0.15) is 4.98 Å². The lowest BCUT2D eigenvalue weighted by Gasteiger charge is -2.05. The molecule has 0 fully saturated rings. The fraction of sp³-hybridized carbons (Fsp3) is 0.263. The maximum absolute atomic E-state index is 12.5. The normalized spacial score (nSPS) is 11.6. The van der Waals surface area contributed by atoms with Crippen molar-refractivity contribution in [2.24, 2.45) is 0 Å². The molecule has 0 bridgehead atoms. The lowest BCUT2D eigenvalue weighted by atomic mass is 10.1. The molecule has 0 amide bonds. The van der Waals surface area contributed by atoms with Crippen LogP contribution >= 0.6 is 0 Å². The van der Waals surface area contributed by atoms with Crippen molar-refractivity contribution in [3.8, 4) is 11.4 Å². The average Bonchev–Trinajstić information content (AvgIpc) is 2.93. The molecule has 0 N–H and O–H groups in total. The van der Waals surface area contributed by atoms with Gasteiger partial charge in [0.1, 0.15) is 5.75 Å². The molecule has 2 aromatic carbocycles. The van der Waals surface area contributed by atoms with Gasteiger partial charge in [0.25, 0.3) is 0 Å². The number of sulfone groups is 1. The van der Waals surface area contributed by atoms with Crippen molar-refractivity contribution < 1.29 is 12.9 Å². The van der Waals surface area contributed by atoms with Gasteiger partial charge in [0.05, 0.1) is 5.75 Å². The summed E-state index contributed by atoms with van der Waals surface area (Å²) in [5.74, 6) is 0.206. The van der Waals surface area contributed by atoms with Gasteiger partial charge in [-0.25, -0.2) is 8.42 Å². The summed E-state index contributed by atoms with van der Waals surface area (Å²) in [6.07, 6.45) is 0. The van der Waals surface area contributed by atoms with E-state index in [0.29, 0.717) is 5.82 Å². The summed E-state index contributed by atoms with van der Waals surface area (Å²) in [7, 11) is -3.39. The van der Waals surface area contributed by atoms with Crippen LogP contribution in [0.5, 0.6) is 0 Å². The molecule has 0 radical (unpaired) electrons. The van der Waals surface area contributed by atoms with Crippen molar-refractivity contribution in [1.82, 2.24) is 10.1 Å². The smallest absolute Gasteiger partial charge is 0.242 e. The van der Waals surface area contributed by atoms with Gasteiger partial charge in [-0.05, 0) is 32.4 Å². The van der Waals surface area contributed by atoms with E-state index in [1.807, 2.05) is 63.2 Å². The third-order valence-corrected chi connectivity index (χ3v) is 5.22. The quantitative estimate of drug-likeness (QED) is 0.696. The highest BCUT2D eigenvalue weighted by atomic mass is 32.2. The van der Waals surface area contributed by atoms with Crippen molar-refractivity contribution in [1.29, 1.82) is 0 Å². The Morgan fingerprint density at radius 2 is 1.64 bits per heavy atom. The van der Waals surface area contributed by atoms with Crippen molar-refractivity contribution in [2.75, 3.05) is 0 Å². The van der Waals surface area contributed by atoms with Crippen LogP contribution in [0.25, 0.3) is 11.4 Å². The monoisotopic (exact) mass is 356 g/mol. The Balaban J connectivity index is 1.77. The van der Waals surface area contributed by atoms with Crippen molar-refractivity contribution in [2.45, 2.75) is 32.3 Å². The first kappa shape index (κ1) is 17.4. The molecule has 3 rings (SSSR count). The van der Waals surface area contributed by atoms with Crippen LogP contribution in [0.15, 0.2) is 47.0 Å². The van der Waals surface area contributed by atoms with Crippen molar-refractivity contribution in [3.63, 3.8) is 0 Å². The Kier molecular flexibility index (Phi) is 4.72. The fourth-order valence-electron chi connectivity index (χ4n) is 2.86. The van der Waals surface area contributed by atoms with Gasteiger partial charge in [0.2, 0.25) is 11.7 Å². The van der Waals surface area contributed by atoms with Crippen LogP contribution in [0.1, 0.15) is 28.1 Å². The first-order valence-electron chi connectivity index (χ1n) is 7.98. The van der Waals surface area contributed by atoms with Gasteiger partial charge < -0.3 is 4.52 Å². The molecule has 5 nitrogen and oxygen atoms in total. The zero-order valence-corrected chi connectivity index (χ0v) is 15.3. The summed E-state index contributed by atoms with van der Waals surface area (Å²) >= 11 is 0. The van der Waals surface area contributed by atoms with E-state index >= 15 is 0 Å². The Bertz CT molecular complexity index is 987. The summed E-state index contributed by atoms with van der Waals surface area (Å²) in [6.45, 7) is 5.88. The van der Waals surface area contributed by atoms with E-state index in [9.17, 15) is 8.42 Å². The minimum absolute atomic E-state index is 0.0440. The van der Waals surface area contributed by atoms with Gasteiger partial charge in [0, 0.05) is 5.56 Å². The van der Waals surface area contributed by atoms with E-state index in [4.69, 9.17) is 4.52 Å². The summed E-state index contributed by atoms with van der Waals surface area (Å²) in [4.78, 5) is 4.23. The number of hydrogen-bond donors (Lipinski definition) is 0. The van der Waals surface area contributed by atoms with Crippen LogP contribution in [0, 0.1) is 20.8 Å². The molecule has 1 aromatic heterocycles. The largest absolute Gasteiger partial charge is 0.338 e. The summed E-state index contributed by atoms with van der Waals surface area (Å²) in [6, 6.07) is 13.5. The van der Waals surface area contributed by atoms with Crippen molar-refractivity contribution >= 4 is 9.84 Å². The van der Waals surface area contributed by atoms with Gasteiger partial charge in [-0.3, -0.25) is 0 Å². The predicted molar refractivity (Wildman–Crippen MR) is 96.7 cm³/mol. The van der Waals surface area contributed by atoms with E-state index in [2.05, 4.69) is 10.1 Å². The standard InChI is InChI=1S/C19H20N2O3S/c1-13-5-4-6-17(10-13)19-20-18(24-21-19)12-25(22,23)11-16-8-14(2)7-15(3)9-16/h4-10H,11-12H2,1-3H3. The first-order chi connectivity index (χ1) is 11.8. The Morgan fingerprint density at radius 1 is 0.920 bits per heavy atom. The van der Waals surface area contributed by atoms with Crippen LogP contribution in [0.2, 0.25) is 0 Å².